The van der Waals surface area contributed by atoms with Gasteiger partial charge in [0.1, 0.15) is 12.1 Å². The molecule has 0 bridgehead atoms. The second-order valence-electron chi connectivity index (χ2n) is 4.61. The number of hydrogen-bond acceptors (Lipinski definition) is 3. The molecule has 0 aliphatic rings. The molecule has 0 saturated heterocycles. The van der Waals surface area contributed by atoms with Crippen LogP contribution in [0.25, 0.3) is 0 Å². The zero-order chi connectivity index (χ0) is 15.3. The van der Waals surface area contributed by atoms with Crippen LogP contribution in [-0.4, -0.2) is 27.6 Å². The van der Waals surface area contributed by atoms with Crippen molar-refractivity contribution in [2.45, 2.75) is 45.7 Å². The average Bonchev–Trinajstić information content (AvgIpc) is 2.39. The van der Waals surface area contributed by atoms with Crippen LogP contribution in [-0.2, 0) is 9.59 Å². The minimum absolute atomic E-state index is 0.268. The summed E-state index contributed by atoms with van der Waals surface area (Å²) in [6.45, 7) is 5.21. The van der Waals surface area contributed by atoms with Crippen molar-refractivity contribution in [2.24, 2.45) is 0 Å². The summed E-state index contributed by atoms with van der Waals surface area (Å²) in [5.74, 6) is -1.52. The first-order valence-electron chi connectivity index (χ1n) is 6.63. The Kier molecular flexibility index (Phi) is 5.49. The Labute approximate surface area is 117 Å². The highest BCUT2D eigenvalue weighted by atomic mass is 16.4. The van der Waals surface area contributed by atoms with Gasteiger partial charge in [0.15, 0.2) is 0 Å². The Balaban J connectivity index is 3.05. The van der Waals surface area contributed by atoms with Crippen LogP contribution in [0.3, 0.4) is 0 Å². The van der Waals surface area contributed by atoms with E-state index in [4.69, 9.17) is 5.11 Å². The molecule has 0 aliphatic heterocycles. The summed E-state index contributed by atoms with van der Waals surface area (Å²) in [4.78, 5) is 35.1. The molecule has 6 nitrogen and oxygen atoms in total. The number of carbonyl (C=O) groups excluding carboxylic acids is 1. The van der Waals surface area contributed by atoms with Crippen molar-refractivity contribution in [3.8, 4) is 0 Å². The fraction of sp³-hybridized carbons (Fsp3) is 0.500. The Morgan fingerprint density at radius 1 is 1.30 bits per heavy atom. The molecule has 0 fully saturated rings. The summed E-state index contributed by atoms with van der Waals surface area (Å²) in [6, 6.07) is 3.13. The molecule has 1 heterocycles. The van der Waals surface area contributed by atoms with Crippen LogP contribution in [0.4, 0.5) is 0 Å². The fourth-order valence-electron chi connectivity index (χ4n) is 2.10. The molecule has 2 unspecified atom stereocenters. The van der Waals surface area contributed by atoms with Gasteiger partial charge < -0.3 is 15.0 Å². The van der Waals surface area contributed by atoms with Crippen LogP contribution in [0.15, 0.2) is 23.0 Å². The van der Waals surface area contributed by atoms with Crippen molar-refractivity contribution in [2.75, 3.05) is 0 Å². The number of carbonyl (C=O) groups is 2. The van der Waals surface area contributed by atoms with E-state index in [1.807, 2.05) is 0 Å². The van der Waals surface area contributed by atoms with Crippen molar-refractivity contribution in [1.29, 1.82) is 0 Å². The van der Waals surface area contributed by atoms with Crippen LogP contribution in [0.5, 0.6) is 0 Å². The van der Waals surface area contributed by atoms with Gasteiger partial charge in [-0.25, -0.2) is 4.79 Å². The van der Waals surface area contributed by atoms with Gasteiger partial charge in [0, 0.05) is 11.8 Å². The number of hydrogen-bond donors (Lipinski definition) is 2. The minimum Gasteiger partial charge on any atom is -0.480 e. The van der Waals surface area contributed by atoms with Crippen LogP contribution < -0.4 is 10.9 Å². The first kappa shape index (κ1) is 15.9. The van der Waals surface area contributed by atoms with Gasteiger partial charge in [-0.3, -0.25) is 9.59 Å². The lowest BCUT2D eigenvalue weighted by atomic mass is 10.1. The van der Waals surface area contributed by atoms with Crippen molar-refractivity contribution < 1.29 is 14.7 Å². The van der Waals surface area contributed by atoms with Gasteiger partial charge in [0.2, 0.25) is 5.91 Å². The highest BCUT2D eigenvalue weighted by molar-refractivity contribution is 5.85. The highest BCUT2D eigenvalue weighted by Crippen LogP contribution is 2.12. The molecular weight excluding hydrogens is 260 g/mol. The molecule has 20 heavy (non-hydrogen) atoms. The Hall–Kier alpha value is -2.11. The number of aromatic nitrogens is 1. The summed E-state index contributed by atoms with van der Waals surface area (Å²) in [7, 11) is 0. The van der Waals surface area contributed by atoms with Crippen molar-refractivity contribution in [3.63, 3.8) is 0 Å². The van der Waals surface area contributed by atoms with E-state index in [1.54, 1.807) is 32.9 Å². The number of nitrogens with one attached hydrogen (secondary N) is 1. The molecule has 2 atom stereocenters. The van der Waals surface area contributed by atoms with Gasteiger partial charge in [-0.05, 0) is 25.8 Å². The molecule has 0 saturated carbocycles. The zero-order valence-electron chi connectivity index (χ0n) is 11.9. The smallest absolute Gasteiger partial charge is 0.326 e. The predicted octanol–water partition coefficient (Wildman–Crippen LogP) is 1.09. The van der Waals surface area contributed by atoms with E-state index in [0.29, 0.717) is 18.5 Å². The molecule has 1 rings (SSSR count). The summed E-state index contributed by atoms with van der Waals surface area (Å²) in [5, 5.41) is 11.4. The number of aliphatic carboxylic acids is 1. The van der Waals surface area contributed by atoms with E-state index in [9.17, 15) is 14.4 Å². The molecule has 0 aliphatic carbocycles. The van der Waals surface area contributed by atoms with Gasteiger partial charge in [0.25, 0.3) is 5.56 Å². The number of pyridine rings is 1. The standard InChI is InChI=1S/C14H20N2O4/c1-4-10(14(19)20)15-13(18)11(5-2)16-9(3)7-6-8-12(16)17/h6-8,10-11H,4-5H2,1-3H3,(H,15,18)(H,19,20). The first-order chi connectivity index (χ1) is 9.42. The zero-order valence-corrected chi connectivity index (χ0v) is 11.9. The summed E-state index contributed by atoms with van der Waals surface area (Å²) < 4.78 is 1.39. The van der Waals surface area contributed by atoms with Crippen LogP contribution >= 0.6 is 0 Å². The van der Waals surface area contributed by atoms with Gasteiger partial charge in [-0.2, -0.15) is 0 Å². The molecular formula is C14H20N2O4. The number of amides is 1. The Morgan fingerprint density at radius 3 is 2.40 bits per heavy atom. The second kappa shape index (κ2) is 6.88. The van der Waals surface area contributed by atoms with E-state index >= 15 is 0 Å². The number of rotatable bonds is 6. The van der Waals surface area contributed by atoms with Gasteiger partial charge >= 0.3 is 5.97 Å². The molecule has 0 aromatic carbocycles. The molecule has 1 aromatic heterocycles. The largest absolute Gasteiger partial charge is 0.480 e. The Morgan fingerprint density at radius 2 is 1.95 bits per heavy atom. The number of carboxylic acids is 1. The lowest BCUT2D eigenvalue weighted by molar-refractivity contribution is -0.142. The third-order valence-corrected chi connectivity index (χ3v) is 3.22. The second-order valence-corrected chi connectivity index (χ2v) is 4.61. The topological polar surface area (TPSA) is 88.4 Å². The monoisotopic (exact) mass is 280 g/mol. The van der Waals surface area contributed by atoms with Crippen molar-refractivity contribution in [1.82, 2.24) is 9.88 Å². The van der Waals surface area contributed by atoms with E-state index in [1.165, 1.54) is 10.6 Å². The van der Waals surface area contributed by atoms with E-state index in [2.05, 4.69) is 5.32 Å². The molecule has 6 heteroatoms. The number of aryl methyl sites for hydroxylation is 1. The highest BCUT2D eigenvalue weighted by Gasteiger charge is 2.25. The summed E-state index contributed by atoms with van der Waals surface area (Å²) in [6.07, 6.45) is 0.701. The quantitative estimate of drug-likeness (QED) is 0.816. The van der Waals surface area contributed by atoms with Gasteiger partial charge in [0.05, 0.1) is 0 Å². The average molecular weight is 280 g/mol. The maximum absolute atomic E-state index is 12.2. The molecule has 1 amide bonds. The molecule has 0 radical (unpaired) electrons. The molecule has 0 spiro atoms. The van der Waals surface area contributed by atoms with Gasteiger partial charge in [-0.15, -0.1) is 0 Å². The first-order valence-corrected chi connectivity index (χ1v) is 6.63. The maximum atomic E-state index is 12.2. The number of carboxylic acid groups (broad SMARTS) is 1. The normalized spacial score (nSPS) is 13.6. The SMILES string of the molecule is CCC(NC(=O)C(CC)n1c(C)cccc1=O)C(=O)O. The maximum Gasteiger partial charge on any atom is 0.326 e. The lowest BCUT2D eigenvalue weighted by Gasteiger charge is -2.22. The third kappa shape index (κ3) is 3.46. The lowest BCUT2D eigenvalue weighted by Crippen LogP contribution is -2.45. The van der Waals surface area contributed by atoms with Crippen LogP contribution in [0, 0.1) is 6.92 Å². The van der Waals surface area contributed by atoms with E-state index in [0.717, 1.165) is 0 Å². The van der Waals surface area contributed by atoms with E-state index in [-0.39, 0.29) is 5.56 Å². The third-order valence-electron chi connectivity index (χ3n) is 3.22. The Bertz CT molecular complexity index is 550. The molecule has 1 aromatic rings. The molecule has 110 valence electrons. The minimum atomic E-state index is -1.08. The van der Waals surface area contributed by atoms with Crippen molar-refractivity contribution in [3.05, 3.63) is 34.2 Å². The van der Waals surface area contributed by atoms with Crippen LogP contribution in [0.2, 0.25) is 0 Å². The summed E-state index contributed by atoms with van der Waals surface area (Å²) >= 11 is 0. The molecule has 2 N–H and O–H groups in total. The van der Waals surface area contributed by atoms with Crippen LogP contribution in [0.1, 0.15) is 38.4 Å². The van der Waals surface area contributed by atoms with Crippen molar-refractivity contribution >= 4 is 11.9 Å². The summed E-state index contributed by atoms with van der Waals surface area (Å²) in [5.41, 5.74) is 0.401. The predicted molar refractivity (Wildman–Crippen MR) is 74.6 cm³/mol. The fourth-order valence-corrected chi connectivity index (χ4v) is 2.10. The number of nitrogens with zero attached hydrogens (tertiary/aromatic N) is 1. The van der Waals surface area contributed by atoms with E-state index < -0.39 is 24.0 Å². The van der Waals surface area contributed by atoms with Gasteiger partial charge in [-0.1, -0.05) is 19.9 Å².